The molecule has 17 heavy (non-hydrogen) atoms. The van der Waals surface area contributed by atoms with Gasteiger partial charge in [-0.3, -0.25) is 9.36 Å². The Balaban J connectivity index is 2.11. The first-order valence-electron chi connectivity index (χ1n) is 5.45. The molecule has 0 radical (unpaired) electrons. The smallest absolute Gasteiger partial charge is 0.272 e. The molecule has 2 heterocycles. The van der Waals surface area contributed by atoms with E-state index in [0.717, 1.165) is 23.1 Å². The van der Waals surface area contributed by atoms with Crippen molar-refractivity contribution >= 4 is 33.8 Å². The Hall–Kier alpha value is -0.980. The van der Waals surface area contributed by atoms with Crippen LogP contribution in [-0.2, 0) is 4.74 Å². The van der Waals surface area contributed by atoms with Gasteiger partial charge in [-0.15, -0.1) is 11.3 Å². The van der Waals surface area contributed by atoms with Gasteiger partial charge in [0.25, 0.3) is 5.56 Å². The number of aromatic amines is 1. The predicted octanol–water partition coefficient (Wildman–Crippen LogP) is 2.47. The highest BCUT2D eigenvalue weighted by molar-refractivity contribution is 7.71. The molecule has 6 heteroatoms. The molecule has 0 bridgehead atoms. The second kappa shape index (κ2) is 4.04. The summed E-state index contributed by atoms with van der Waals surface area (Å²) < 4.78 is 8.20. The summed E-state index contributed by atoms with van der Waals surface area (Å²) >= 11 is 6.71. The van der Waals surface area contributed by atoms with Gasteiger partial charge in [0.15, 0.2) is 4.77 Å². The highest BCUT2D eigenvalue weighted by Gasteiger charge is 2.32. The molecular weight excluding hydrogens is 256 g/mol. The number of hydrogen-bond donors (Lipinski definition) is 1. The van der Waals surface area contributed by atoms with Crippen LogP contribution in [0.4, 0.5) is 0 Å². The fourth-order valence-corrected chi connectivity index (χ4v) is 3.35. The second-order valence-corrected chi connectivity index (χ2v) is 5.55. The Morgan fingerprint density at radius 2 is 2.35 bits per heavy atom. The van der Waals surface area contributed by atoms with Crippen LogP contribution in [-0.4, -0.2) is 22.8 Å². The monoisotopic (exact) mass is 268 g/mol. The van der Waals surface area contributed by atoms with Crippen LogP contribution in [0.2, 0.25) is 0 Å². The quantitative estimate of drug-likeness (QED) is 0.851. The molecule has 1 fully saturated rings. The number of nitrogens with one attached hydrogen (secondary N) is 1. The molecule has 1 aliphatic carbocycles. The van der Waals surface area contributed by atoms with Crippen LogP contribution >= 0.6 is 23.6 Å². The molecule has 0 atom stereocenters. The molecule has 2 aromatic rings. The van der Waals surface area contributed by atoms with E-state index in [2.05, 4.69) is 4.98 Å². The SMILES string of the molecule is COC1CC(n2c(=S)[nH]c3ccsc3c2=O)C1. The van der Waals surface area contributed by atoms with Gasteiger partial charge in [0.1, 0.15) is 4.70 Å². The summed E-state index contributed by atoms with van der Waals surface area (Å²) in [6.45, 7) is 0. The average molecular weight is 268 g/mol. The normalized spacial score (nSPS) is 23.8. The van der Waals surface area contributed by atoms with Gasteiger partial charge in [0.2, 0.25) is 0 Å². The molecule has 0 saturated heterocycles. The van der Waals surface area contributed by atoms with E-state index < -0.39 is 0 Å². The standard InChI is InChI=1S/C11H12N2O2S2/c1-15-7-4-6(5-7)13-10(14)9-8(2-3-17-9)12-11(13)16/h2-3,6-7H,4-5H2,1H3,(H,12,16). The third-order valence-electron chi connectivity index (χ3n) is 3.31. The van der Waals surface area contributed by atoms with E-state index in [1.54, 1.807) is 11.7 Å². The average Bonchev–Trinajstić information content (AvgIpc) is 2.69. The topological polar surface area (TPSA) is 47.0 Å². The van der Waals surface area contributed by atoms with E-state index in [0.29, 0.717) is 4.77 Å². The van der Waals surface area contributed by atoms with Gasteiger partial charge in [-0.2, -0.15) is 0 Å². The summed E-state index contributed by atoms with van der Waals surface area (Å²) in [4.78, 5) is 15.4. The van der Waals surface area contributed by atoms with Crippen molar-refractivity contribution in [2.45, 2.75) is 25.0 Å². The number of ether oxygens (including phenoxy) is 1. The Morgan fingerprint density at radius 1 is 1.59 bits per heavy atom. The van der Waals surface area contributed by atoms with Gasteiger partial charge in [0, 0.05) is 13.2 Å². The lowest BCUT2D eigenvalue weighted by atomic mass is 9.89. The fraction of sp³-hybridized carbons (Fsp3) is 0.455. The van der Waals surface area contributed by atoms with Crippen LogP contribution in [0.5, 0.6) is 0 Å². The molecule has 0 spiro atoms. The summed E-state index contributed by atoms with van der Waals surface area (Å²) in [6, 6.07) is 2.07. The van der Waals surface area contributed by atoms with Crippen molar-refractivity contribution in [3.8, 4) is 0 Å². The fourth-order valence-electron chi connectivity index (χ4n) is 2.22. The number of thiophene rings is 1. The summed E-state index contributed by atoms with van der Waals surface area (Å²) in [7, 11) is 1.70. The third kappa shape index (κ3) is 1.67. The lowest BCUT2D eigenvalue weighted by molar-refractivity contribution is 0.00462. The van der Waals surface area contributed by atoms with E-state index in [-0.39, 0.29) is 17.7 Å². The number of fused-ring (bicyclic) bond motifs is 1. The first-order valence-corrected chi connectivity index (χ1v) is 6.74. The summed E-state index contributed by atoms with van der Waals surface area (Å²) in [5, 5.41) is 1.90. The minimum atomic E-state index is 0.0262. The minimum Gasteiger partial charge on any atom is -0.381 e. The van der Waals surface area contributed by atoms with Crippen molar-refractivity contribution in [3.05, 3.63) is 26.6 Å². The zero-order chi connectivity index (χ0) is 12.0. The van der Waals surface area contributed by atoms with E-state index >= 15 is 0 Å². The van der Waals surface area contributed by atoms with Crippen LogP contribution in [0.15, 0.2) is 16.2 Å². The lowest BCUT2D eigenvalue weighted by Gasteiger charge is -2.35. The Labute approximate surface area is 107 Å². The second-order valence-electron chi connectivity index (χ2n) is 4.25. The molecule has 90 valence electrons. The molecule has 4 nitrogen and oxygen atoms in total. The van der Waals surface area contributed by atoms with Crippen molar-refractivity contribution in [1.29, 1.82) is 0 Å². The van der Waals surface area contributed by atoms with Gasteiger partial charge in [-0.1, -0.05) is 0 Å². The van der Waals surface area contributed by atoms with Crippen LogP contribution in [0.25, 0.3) is 10.2 Å². The number of rotatable bonds is 2. The van der Waals surface area contributed by atoms with Gasteiger partial charge in [0.05, 0.1) is 11.6 Å². The maximum Gasteiger partial charge on any atom is 0.272 e. The zero-order valence-corrected chi connectivity index (χ0v) is 10.9. The summed E-state index contributed by atoms with van der Waals surface area (Å²) in [5.74, 6) is 0. The molecule has 1 aliphatic rings. The Morgan fingerprint density at radius 3 is 3.06 bits per heavy atom. The van der Waals surface area contributed by atoms with Crippen LogP contribution in [0.1, 0.15) is 18.9 Å². The first-order chi connectivity index (χ1) is 8.20. The molecule has 0 unspecified atom stereocenters. The molecule has 1 N–H and O–H groups in total. The first kappa shape index (κ1) is 11.1. The number of H-pyrrole nitrogens is 1. The molecule has 0 aliphatic heterocycles. The van der Waals surface area contributed by atoms with E-state index in [1.165, 1.54) is 11.3 Å². The van der Waals surface area contributed by atoms with E-state index in [9.17, 15) is 4.79 Å². The van der Waals surface area contributed by atoms with Crippen molar-refractivity contribution in [3.63, 3.8) is 0 Å². The van der Waals surface area contributed by atoms with Crippen molar-refractivity contribution in [1.82, 2.24) is 9.55 Å². The molecule has 0 amide bonds. The van der Waals surface area contributed by atoms with E-state index in [1.807, 2.05) is 11.4 Å². The maximum absolute atomic E-state index is 12.3. The van der Waals surface area contributed by atoms with Crippen LogP contribution < -0.4 is 5.56 Å². The molecular formula is C11H12N2O2S2. The van der Waals surface area contributed by atoms with Crippen LogP contribution in [0, 0.1) is 4.77 Å². The summed E-state index contributed by atoms with van der Waals surface area (Å²) in [6.07, 6.45) is 2.00. The molecule has 0 aromatic carbocycles. The number of aromatic nitrogens is 2. The molecule has 1 saturated carbocycles. The van der Waals surface area contributed by atoms with Gasteiger partial charge in [-0.25, -0.2) is 0 Å². The predicted molar refractivity (Wildman–Crippen MR) is 70.3 cm³/mol. The lowest BCUT2D eigenvalue weighted by Crippen LogP contribution is -2.38. The van der Waals surface area contributed by atoms with Crippen molar-refractivity contribution < 1.29 is 4.74 Å². The molecule has 3 rings (SSSR count). The third-order valence-corrected chi connectivity index (χ3v) is 4.51. The Kier molecular flexibility index (Phi) is 2.65. The summed E-state index contributed by atoms with van der Waals surface area (Å²) in [5.41, 5.74) is 0.863. The van der Waals surface area contributed by atoms with E-state index in [4.69, 9.17) is 17.0 Å². The maximum atomic E-state index is 12.3. The van der Waals surface area contributed by atoms with Gasteiger partial charge < -0.3 is 9.72 Å². The van der Waals surface area contributed by atoms with Gasteiger partial charge in [-0.05, 0) is 36.5 Å². The largest absolute Gasteiger partial charge is 0.381 e. The Bertz CT molecular complexity index is 664. The van der Waals surface area contributed by atoms with Crippen molar-refractivity contribution in [2.75, 3.05) is 7.11 Å². The van der Waals surface area contributed by atoms with Crippen molar-refractivity contribution in [2.24, 2.45) is 0 Å². The highest BCUT2D eigenvalue weighted by Crippen LogP contribution is 2.33. The minimum absolute atomic E-state index is 0.0262. The number of methoxy groups -OCH3 is 1. The molecule has 2 aromatic heterocycles. The number of hydrogen-bond acceptors (Lipinski definition) is 4. The number of nitrogens with zero attached hydrogens (tertiary/aromatic N) is 1. The van der Waals surface area contributed by atoms with Gasteiger partial charge >= 0.3 is 0 Å². The highest BCUT2D eigenvalue weighted by atomic mass is 32.1. The zero-order valence-electron chi connectivity index (χ0n) is 9.30. The van der Waals surface area contributed by atoms with Crippen LogP contribution in [0.3, 0.4) is 0 Å².